The van der Waals surface area contributed by atoms with Crippen molar-refractivity contribution in [1.29, 1.82) is 0 Å². The molecule has 0 aliphatic carbocycles. The van der Waals surface area contributed by atoms with Crippen molar-refractivity contribution in [2.24, 2.45) is 0 Å². The quantitative estimate of drug-likeness (QED) is 0.828. The zero-order valence-corrected chi connectivity index (χ0v) is 14.2. The average Bonchev–Trinajstić information content (AvgIpc) is 2.89. The third-order valence-corrected chi connectivity index (χ3v) is 4.57. The van der Waals surface area contributed by atoms with Crippen LogP contribution in [0.15, 0.2) is 22.7 Å². The van der Waals surface area contributed by atoms with Crippen molar-refractivity contribution in [3.05, 3.63) is 34.0 Å². The number of piperidine rings is 1. The van der Waals surface area contributed by atoms with E-state index in [0.29, 0.717) is 32.8 Å². The van der Waals surface area contributed by atoms with Gasteiger partial charge in [-0.05, 0) is 38.3 Å². The molecule has 0 radical (unpaired) electrons. The minimum atomic E-state index is -0.152. The minimum Gasteiger partial charge on any atom is -0.359 e. The number of aryl methyl sites for hydroxylation is 1. The van der Waals surface area contributed by atoms with E-state index in [1.807, 2.05) is 0 Å². The Morgan fingerprint density at radius 2 is 1.87 bits per heavy atom. The van der Waals surface area contributed by atoms with Crippen molar-refractivity contribution in [2.45, 2.75) is 26.2 Å². The Morgan fingerprint density at radius 1 is 1.22 bits per heavy atom. The topological polar surface area (TPSA) is 58.4 Å². The lowest BCUT2D eigenvalue weighted by Crippen LogP contribution is -2.38. The number of hydrogen-bond donors (Lipinski definition) is 1. The summed E-state index contributed by atoms with van der Waals surface area (Å²) in [4.78, 5) is 14.3. The fourth-order valence-electron chi connectivity index (χ4n) is 2.70. The van der Waals surface area contributed by atoms with E-state index in [0.717, 1.165) is 32.4 Å². The Kier molecular flexibility index (Phi) is 4.78. The lowest BCUT2D eigenvalue weighted by atomic mass is 10.1. The van der Waals surface area contributed by atoms with E-state index in [1.165, 1.54) is 0 Å². The molecule has 0 bridgehead atoms. The van der Waals surface area contributed by atoms with Gasteiger partial charge in [-0.3, -0.25) is 0 Å². The fourth-order valence-corrected chi connectivity index (χ4v) is 3.27. The largest absolute Gasteiger partial charge is 0.359 e. The van der Waals surface area contributed by atoms with Crippen molar-refractivity contribution in [3.63, 3.8) is 0 Å². The second kappa shape index (κ2) is 6.81. The van der Waals surface area contributed by atoms with Gasteiger partial charge in [0.05, 0.1) is 10.0 Å². The highest BCUT2D eigenvalue weighted by atomic mass is 35.5. The number of amides is 2. The summed E-state index contributed by atoms with van der Waals surface area (Å²) in [6, 6.07) is 5.06. The van der Waals surface area contributed by atoms with E-state index < -0.39 is 0 Å². The molecule has 2 heterocycles. The van der Waals surface area contributed by atoms with Crippen molar-refractivity contribution >= 4 is 34.9 Å². The number of halogens is 2. The van der Waals surface area contributed by atoms with Gasteiger partial charge in [0, 0.05) is 18.7 Å². The molecule has 1 aromatic carbocycles. The first kappa shape index (κ1) is 16.1. The van der Waals surface area contributed by atoms with Gasteiger partial charge in [0.25, 0.3) is 0 Å². The lowest BCUT2D eigenvalue weighted by molar-refractivity contribution is 0.200. The van der Waals surface area contributed by atoms with Crippen LogP contribution in [-0.2, 0) is 0 Å². The molecule has 1 aliphatic rings. The van der Waals surface area contributed by atoms with Gasteiger partial charge in [0.15, 0.2) is 5.76 Å². The van der Waals surface area contributed by atoms with Crippen LogP contribution in [-0.4, -0.2) is 29.2 Å². The first-order chi connectivity index (χ1) is 11.1. The minimum absolute atomic E-state index is 0.152. The first-order valence-corrected chi connectivity index (χ1v) is 8.30. The van der Waals surface area contributed by atoms with E-state index in [2.05, 4.69) is 10.5 Å². The highest BCUT2D eigenvalue weighted by Gasteiger charge is 2.24. The second-order valence-corrected chi connectivity index (χ2v) is 6.35. The molecule has 0 atom stereocenters. The van der Waals surface area contributed by atoms with Gasteiger partial charge in [-0.15, -0.1) is 0 Å². The number of hydrogen-bond acceptors (Lipinski definition) is 3. The van der Waals surface area contributed by atoms with Crippen molar-refractivity contribution in [1.82, 2.24) is 10.1 Å². The molecule has 2 amide bonds. The second-order valence-electron chi connectivity index (χ2n) is 5.54. The van der Waals surface area contributed by atoms with Crippen LogP contribution >= 0.6 is 23.2 Å². The van der Waals surface area contributed by atoms with Crippen LogP contribution in [0.2, 0.25) is 10.0 Å². The fraction of sp³-hybridized carbons (Fsp3) is 0.375. The number of rotatable bonds is 2. The number of likely N-dealkylation sites (tertiary alicyclic amines) is 1. The molecule has 1 aromatic heterocycles. The molecule has 7 heteroatoms. The van der Waals surface area contributed by atoms with Crippen LogP contribution in [0.3, 0.4) is 0 Å². The number of anilines is 1. The number of benzene rings is 1. The first-order valence-electron chi connectivity index (χ1n) is 7.54. The molecule has 0 spiro atoms. The molecule has 0 saturated carbocycles. The Bertz CT molecular complexity index is 704. The van der Waals surface area contributed by atoms with Crippen LogP contribution in [0.5, 0.6) is 0 Å². The summed E-state index contributed by atoms with van der Waals surface area (Å²) in [6.45, 7) is 3.27. The molecular weight excluding hydrogens is 337 g/mol. The van der Waals surface area contributed by atoms with E-state index in [-0.39, 0.29) is 6.03 Å². The van der Waals surface area contributed by atoms with Crippen molar-refractivity contribution in [2.75, 3.05) is 18.4 Å². The Hall–Kier alpha value is -1.72. The molecular formula is C16H17Cl2N3O2. The Morgan fingerprint density at radius 3 is 2.52 bits per heavy atom. The maximum atomic E-state index is 12.5. The monoisotopic (exact) mass is 353 g/mol. The number of urea groups is 1. The predicted octanol–water partition coefficient (Wildman–Crippen LogP) is 4.97. The standard InChI is InChI=1S/C16H17Cl2N3O2/c1-10-14(19-16(22)21-8-3-2-4-9-21)15(20-23-10)13-11(17)6-5-7-12(13)18/h5-7H,2-4,8-9H2,1H3,(H,19,22). The maximum absolute atomic E-state index is 12.5. The summed E-state index contributed by atoms with van der Waals surface area (Å²) >= 11 is 12.5. The van der Waals surface area contributed by atoms with Crippen LogP contribution in [0, 0.1) is 6.92 Å². The van der Waals surface area contributed by atoms with E-state index >= 15 is 0 Å². The van der Waals surface area contributed by atoms with Crippen LogP contribution in [0.1, 0.15) is 25.0 Å². The molecule has 1 N–H and O–H groups in total. The van der Waals surface area contributed by atoms with Crippen LogP contribution < -0.4 is 5.32 Å². The van der Waals surface area contributed by atoms with Gasteiger partial charge in [0.1, 0.15) is 11.4 Å². The molecule has 2 aromatic rings. The predicted molar refractivity (Wildman–Crippen MR) is 91.1 cm³/mol. The number of nitrogens with one attached hydrogen (secondary N) is 1. The Labute approximate surface area is 144 Å². The summed E-state index contributed by atoms with van der Waals surface area (Å²) in [7, 11) is 0. The van der Waals surface area contributed by atoms with E-state index in [1.54, 1.807) is 30.0 Å². The van der Waals surface area contributed by atoms with Crippen molar-refractivity contribution in [3.8, 4) is 11.3 Å². The van der Waals surface area contributed by atoms with Gasteiger partial charge in [-0.1, -0.05) is 34.4 Å². The molecule has 1 fully saturated rings. The number of carbonyl (C=O) groups is 1. The van der Waals surface area contributed by atoms with Gasteiger partial charge in [-0.2, -0.15) is 0 Å². The SMILES string of the molecule is Cc1onc(-c2c(Cl)cccc2Cl)c1NC(=O)N1CCCCC1. The Balaban J connectivity index is 1.91. The summed E-state index contributed by atoms with van der Waals surface area (Å²) in [5, 5.41) is 7.84. The molecule has 3 rings (SSSR count). The highest BCUT2D eigenvalue weighted by Crippen LogP contribution is 2.39. The zero-order valence-electron chi connectivity index (χ0n) is 12.7. The van der Waals surface area contributed by atoms with Crippen LogP contribution in [0.25, 0.3) is 11.3 Å². The molecule has 1 saturated heterocycles. The number of nitrogens with zero attached hydrogens (tertiary/aromatic N) is 2. The zero-order chi connectivity index (χ0) is 16.4. The third kappa shape index (κ3) is 3.31. The summed E-state index contributed by atoms with van der Waals surface area (Å²) in [5.41, 5.74) is 1.51. The van der Waals surface area contributed by atoms with E-state index in [4.69, 9.17) is 27.7 Å². The smallest absolute Gasteiger partial charge is 0.321 e. The average molecular weight is 354 g/mol. The van der Waals surface area contributed by atoms with E-state index in [9.17, 15) is 4.79 Å². The molecule has 122 valence electrons. The number of aromatic nitrogens is 1. The number of carbonyl (C=O) groups excluding carboxylic acids is 1. The van der Waals surface area contributed by atoms with Gasteiger partial charge in [0.2, 0.25) is 0 Å². The molecule has 23 heavy (non-hydrogen) atoms. The van der Waals surface area contributed by atoms with Gasteiger partial charge >= 0.3 is 6.03 Å². The van der Waals surface area contributed by atoms with Gasteiger partial charge in [-0.25, -0.2) is 4.79 Å². The summed E-state index contributed by atoms with van der Waals surface area (Å²) in [5.74, 6) is 0.515. The summed E-state index contributed by atoms with van der Waals surface area (Å²) in [6.07, 6.45) is 3.22. The lowest BCUT2D eigenvalue weighted by Gasteiger charge is -2.26. The molecule has 5 nitrogen and oxygen atoms in total. The van der Waals surface area contributed by atoms with Crippen molar-refractivity contribution < 1.29 is 9.32 Å². The van der Waals surface area contributed by atoms with Crippen LogP contribution in [0.4, 0.5) is 10.5 Å². The molecule has 0 unspecified atom stereocenters. The molecule has 1 aliphatic heterocycles. The summed E-state index contributed by atoms with van der Waals surface area (Å²) < 4.78 is 5.25. The maximum Gasteiger partial charge on any atom is 0.321 e. The highest BCUT2D eigenvalue weighted by molar-refractivity contribution is 6.39. The van der Waals surface area contributed by atoms with Gasteiger partial charge < -0.3 is 14.7 Å². The third-order valence-electron chi connectivity index (χ3n) is 3.94. The normalized spacial score (nSPS) is 14.8.